The van der Waals surface area contributed by atoms with Crippen molar-refractivity contribution in [3.63, 3.8) is 0 Å². The number of hydrogen-bond donors (Lipinski definition) is 1. The smallest absolute Gasteiger partial charge is 0.343 e. The highest BCUT2D eigenvalue weighted by atomic mass is 16.5. The Morgan fingerprint density at radius 1 is 1.47 bits per heavy atom. The van der Waals surface area contributed by atoms with Crippen molar-refractivity contribution in [1.29, 1.82) is 5.26 Å². The third kappa shape index (κ3) is 1.83. The fraction of sp³-hybridized carbons (Fsp3) is 0.200. The van der Waals surface area contributed by atoms with E-state index < -0.39 is 5.97 Å². The number of carbonyl (C=O) groups is 1. The number of phenols is 1. The van der Waals surface area contributed by atoms with Crippen LogP contribution in [0.2, 0.25) is 0 Å². The molecule has 0 spiro atoms. The number of benzene rings is 1. The summed E-state index contributed by atoms with van der Waals surface area (Å²) in [5, 5.41) is 18.2. The van der Waals surface area contributed by atoms with E-state index in [1.807, 2.05) is 6.07 Å². The first kappa shape index (κ1) is 10.9. The molecule has 1 rings (SSSR count). The molecule has 0 atom stereocenters. The van der Waals surface area contributed by atoms with Gasteiger partial charge in [-0.15, -0.1) is 0 Å². The first-order chi connectivity index (χ1) is 7.15. The molecule has 5 heteroatoms. The molecule has 0 aromatic heterocycles. The van der Waals surface area contributed by atoms with Gasteiger partial charge in [-0.25, -0.2) is 4.79 Å². The van der Waals surface area contributed by atoms with Gasteiger partial charge in [0.25, 0.3) is 0 Å². The molecule has 0 amide bonds. The van der Waals surface area contributed by atoms with Crippen molar-refractivity contribution in [2.75, 3.05) is 14.2 Å². The molecule has 0 bridgehead atoms. The molecule has 0 heterocycles. The first-order valence-electron chi connectivity index (χ1n) is 4.04. The summed E-state index contributed by atoms with van der Waals surface area (Å²) in [7, 11) is 2.48. The van der Waals surface area contributed by atoms with Crippen molar-refractivity contribution in [1.82, 2.24) is 0 Å². The second-order valence-electron chi connectivity index (χ2n) is 2.64. The Kier molecular flexibility index (Phi) is 3.13. The second-order valence-corrected chi connectivity index (χ2v) is 2.64. The lowest BCUT2D eigenvalue weighted by molar-refractivity contribution is 0.0596. The standard InChI is InChI=1S/C10H9NO4/c1-14-9-7(12)4-3-6(5-11)8(9)10(13)15-2/h3-4,12H,1-2H3. The van der Waals surface area contributed by atoms with Crippen LogP contribution in [0.4, 0.5) is 0 Å². The van der Waals surface area contributed by atoms with Crippen LogP contribution in [0, 0.1) is 11.3 Å². The van der Waals surface area contributed by atoms with Crippen LogP contribution < -0.4 is 4.74 Å². The minimum Gasteiger partial charge on any atom is -0.504 e. The summed E-state index contributed by atoms with van der Waals surface area (Å²) in [5.41, 5.74) is 0.0269. The number of methoxy groups -OCH3 is 2. The molecule has 0 unspecified atom stereocenters. The summed E-state index contributed by atoms with van der Waals surface area (Å²) < 4.78 is 9.33. The summed E-state index contributed by atoms with van der Waals surface area (Å²) in [6.07, 6.45) is 0. The molecule has 0 saturated heterocycles. The zero-order valence-corrected chi connectivity index (χ0v) is 8.27. The van der Waals surface area contributed by atoms with Crippen molar-refractivity contribution in [3.05, 3.63) is 23.3 Å². The van der Waals surface area contributed by atoms with E-state index in [1.54, 1.807) is 0 Å². The fourth-order valence-electron chi connectivity index (χ4n) is 1.18. The minimum atomic E-state index is -0.723. The Bertz CT molecular complexity index is 434. The zero-order chi connectivity index (χ0) is 11.4. The summed E-state index contributed by atoms with van der Waals surface area (Å²) in [4.78, 5) is 11.4. The van der Waals surface area contributed by atoms with Crippen LogP contribution in [0.15, 0.2) is 12.1 Å². The minimum absolute atomic E-state index is 0.0547. The number of ether oxygens (including phenoxy) is 2. The van der Waals surface area contributed by atoms with Crippen molar-refractivity contribution < 1.29 is 19.4 Å². The third-order valence-electron chi connectivity index (χ3n) is 1.85. The Balaban J connectivity index is 3.49. The highest BCUT2D eigenvalue weighted by Gasteiger charge is 2.21. The van der Waals surface area contributed by atoms with Gasteiger partial charge in [0.15, 0.2) is 11.5 Å². The number of nitriles is 1. The molecule has 0 fully saturated rings. The van der Waals surface area contributed by atoms with Gasteiger partial charge in [0.05, 0.1) is 19.8 Å². The molecule has 78 valence electrons. The topological polar surface area (TPSA) is 79.6 Å². The SMILES string of the molecule is COC(=O)c1c(C#N)ccc(O)c1OC. The molecule has 0 aliphatic carbocycles. The van der Waals surface area contributed by atoms with E-state index in [0.717, 1.165) is 0 Å². The normalized spacial score (nSPS) is 9.13. The summed E-state index contributed by atoms with van der Waals surface area (Å²) in [5.74, 6) is -0.989. The lowest BCUT2D eigenvalue weighted by Crippen LogP contribution is -2.07. The molecule has 1 aromatic rings. The Labute approximate surface area is 86.5 Å². The van der Waals surface area contributed by atoms with E-state index >= 15 is 0 Å². The van der Waals surface area contributed by atoms with E-state index in [4.69, 9.17) is 10.00 Å². The van der Waals surface area contributed by atoms with E-state index in [2.05, 4.69) is 4.74 Å². The molecule has 1 aromatic carbocycles. The molecule has 0 radical (unpaired) electrons. The van der Waals surface area contributed by atoms with Gasteiger partial charge >= 0.3 is 5.97 Å². The van der Waals surface area contributed by atoms with Gasteiger partial charge in [-0.1, -0.05) is 0 Å². The number of rotatable bonds is 2. The van der Waals surface area contributed by atoms with Crippen molar-refractivity contribution in [2.24, 2.45) is 0 Å². The predicted octanol–water partition coefficient (Wildman–Crippen LogP) is 1.06. The largest absolute Gasteiger partial charge is 0.504 e. The molecule has 1 N–H and O–H groups in total. The van der Waals surface area contributed by atoms with Gasteiger partial charge in [0, 0.05) is 0 Å². The third-order valence-corrected chi connectivity index (χ3v) is 1.85. The first-order valence-corrected chi connectivity index (χ1v) is 4.04. The molecule has 0 aliphatic heterocycles. The summed E-state index contributed by atoms with van der Waals surface area (Å²) >= 11 is 0. The number of aromatic hydroxyl groups is 1. The highest BCUT2D eigenvalue weighted by molar-refractivity contribution is 5.96. The van der Waals surface area contributed by atoms with Gasteiger partial charge in [0.1, 0.15) is 11.6 Å². The summed E-state index contributed by atoms with van der Waals surface area (Å²) in [6, 6.07) is 4.43. The number of carbonyl (C=O) groups excluding carboxylic acids is 1. The van der Waals surface area contributed by atoms with Crippen molar-refractivity contribution in [2.45, 2.75) is 0 Å². The van der Waals surface area contributed by atoms with E-state index in [9.17, 15) is 9.90 Å². The van der Waals surface area contributed by atoms with Crippen LogP contribution in [0.3, 0.4) is 0 Å². The van der Waals surface area contributed by atoms with Gasteiger partial charge in [0.2, 0.25) is 0 Å². The van der Waals surface area contributed by atoms with Crippen LogP contribution in [0.25, 0.3) is 0 Å². The maximum atomic E-state index is 11.4. The van der Waals surface area contributed by atoms with E-state index in [1.165, 1.54) is 26.4 Å². The average Bonchev–Trinajstić information content (AvgIpc) is 2.27. The molecule has 5 nitrogen and oxygen atoms in total. The monoisotopic (exact) mass is 207 g/mol. The molecular weight excluding hydrogens is 198 g/mol. The van der Waals surface area contributed by atoms with E-state index in [0.29, 0.717) is 0 Å². The van der Waals surface area contributed by atoms with Gasteiger partial charge < -0.3 is 14.6 Å². The lowest BCUT2D eigenvalue weighted by Gasteiger charge is -2.09. The van der Waals surface area contributed by atoms with Gasteiger partial charge in [-0.2, -0.15) is 5.26 Å². The molecule has 0 aliphatic rings. The number of nitrogens with zero attached hydrogens (tertiary/aromatic N) is 1. The van der Waals surface area contributed by atoms with Crippen LogP contribution in [0.5, 0.6) is 11.5 Å². The van der Waals surface area contributed by atoms with Crippen molar-refractivity contribution >= 4 is 5.97 Å². The van der Waals surface area contributed by atoms with Gasteiger partial charge in [-0.3, -0.25) is 0 Å². The predicted molar refractivity (Wildman–Crippen MR) is 50.7 cm³/mol. The quantitative estimate of drug-likeness (QED) is 0.733. The molecule has 15 heavy (non-hydrogen) atoms. The Hall–Kier alpha value is -2.22. The van der Waals surface area contributed by atoms with Crippen LogP contribution in [0.1, 0.15) is 15.9 Å². The van der Waals surface area contributed by atoms with Crippen LogP contribution >= 0.6 is 0 Å². The van der Waals surface area contributed by atoms with Crippen LogP contribution in [-0.4, -0.2) is 25.3 Å². The van der Waals surface area contributed by atoms with Gasteiger partial charge in [-0.05, 0) is 12.1 Å². The summed E-state index contributed by atoms with van der Waals surface area (Å²) in [6.45, 7) is 0. The number of phenolic OH excluding ortho intramolecular Hbond substituents is 1. The average molecular weight is 207 g/mol. The Morgan fingerprint density at radius 2 is 2.13 bits per heavy atom. The fourth-order valence-corrected chi connectivity index (χ4v) is 1.18. The number of esters is 1. The van der Waals surface area contributed by atoms with Crippen LogP contribution in [-0.2, 0) is 4.74 Å². The highest BCUT2D eigenvalue weighted by Crippen LogP contribution is 2.32. The zero-order valence-electron chi connectivity index (χ0n) is 8.27. The maximum absolute atomic E-state index is 11.4. The Morgan fingerprint density at radius 3 is 2.60 bits per heavy atom. The lowest BCUT2D eigenvalue weighted by atomic mass is 10.1. The van der Waals surface area contributed by atoms with E-state index in [-0.39, 0.29) is 22.6 Å². The molecular formula is C10H9NO4. The maximum Gasteiger partial charge on any atom is 0.343 e. The second kappa shape index (κ2) is 4.33. The molecule has 0 saturated carbocycles. The van der Waals surface area contributed by atoms with Crippen molar-refractivity contribution in [3.8, 4) is 17.6 Å². The number of hydrogen-bond acceptors (Lipinski definition) is 5.